The molecule has 0 spiro atoms. The molecule has 2 amide bonds. The molecule has 4 rings (SSSR count). The fourth-order valence-corrected chi connectivity index (χ4v) is 3.94. The molecule has 0 N–H and O–H groups in total. The van der Waals surface area contributed by atoms with Gasteiger partial charge in [-0.05, 0) is 43.2 Å². The number of amides is 2. The Kier molecular flexibility index (Phi) is 4.36. The first-order chi connectivity index (χ1) is 13.1. The van der Waals surface area contributed by atoms with Gasteiger partial charge in [-0.25, -0.2) is 5.06 Å². The molecule has 2 aliphatic heterocycles. The molecule has 0 bridgehead atoms. The number of carbonyl (C=O) groups excluding carboxylic acids is 2. The van der Waals surface area contributed by atoms with Crippen molar-refractivity contribution in [1.82, 2.24) is 4.90 Å². The molecular formula is C21H22N2O4. The summed E-state index contributed by atoms with van der Waals surface area (Å²) in [6.07, 6.45) is -0.788. The smallest absolute Gasteiger partial charge is 0.261 e. The van der Waals surface area contributed by atoms with Gasteiger partial charge < -0.3 is 4.74 Å². The Hall–Kier alpha value is -2.86. The summed E-state index contributed by atoms with van der Waals surface area (Å²) >= 11 is 0. The number of hydroxylamine groups is 1. The van der Waals surface area contributed by atoms with Crippen LogP contribution in [-0.2, 0) is 14.4 Å². The van der Waals surface area contributed by atoms with Crippen molar-refractivity contribution >= 4 is 17.5 Å². The number of ether oxygens (including phenoxy) is 1. The highest BCUT2D eigenvalue weighted by atomic mass is 16.7. The number of likely N-dealkylation sites (N-methyl/N-ethyl adjacent to an activating group) is 1. The van der Waals surface area contributed by atoms with Gasteiger partial charge in [-0.2, -0.15) is 0 Å². The summed E-state index contributed by atoms with van der Waals surface area (Å²) in [7, 11) is 1.61. The maximum Gasteiger partial charge on any atom is 0.261 e. The predicted octanol–water partition coefficient (Wildman–Crippen LogP) is 2.87. The SMILES string of the molecule is CCN1C(=O)C2ON(c3ccccc3C)C(c3ccc(OC)cc3)C2C1=O. The summed E-state index contributed by atoms with van der Waals surface area (Å²) < 4.78 is 5.25. The molecule has 6 nitrogen and oxygen atoms in total. The molecule has 6 heteroatoms. The minimum atomic E-state index is -0.788. The lowest BCUT2D eigenvalue weighted by atomic mass is 9.90. The van der Waals surface area contributed by atoms with E-state index in [1.165, 1.54) is 4.90 Å². The lowest BCUT2D eigenvalue weighted by Gasteiger charge is -2.29. The third-order valence-corrected chi connectivity index (χ3v) is 5.33. The van der Waals surface area contributed by atoms with E-state index in [1.54, 1.807) is 19.1 Å². The average molecular weight is 366 g/mol. The fraction of sp³-hybridized carbons (Fsp3) is 0.333. The molecule has 2 saturated heterocycles. The van der Waals surface area contributed by atoms with Crippen molar-refractivity contribution in [3.8, 4) is 5.75 Å². The number of methoxy groups -OCH3 is 1. The molecule has 3 atom stereocenters. The number of fused-ring (bicyclic) bond motifs is 1. The second-order valence-corrected chi connectivity index (χ2v) is 6.80. The van der Waals surface area contributed by atoms with E-state index in [9.17, 15) is 9.59 Å². The van der Waals surface area contributed by atoms with E-state index in [4.69, 9.17) is 9.57 Å². The normalized spacial score (nSPS) is 24.5. The van der Waals surface area contributed by atoms with E-state index in [0.29, 0.717) is 6.54 Å². The van der Waals surface area contributed by atoms with Crippen molar-refractivity contribution in [1.29, 1.82) is 0 Å². The van der Waals surface area contributed by atoms with Crippen LogP contribution in [-0.4, -0.2) is 36.5 Å². The Morgan fingerprint density at radius 3 is 2.37 bits per heavy atom. The van der Waals surface area contributed by atoms with Crippen LogP contribution in [0.25, 0.3) is 0 Å². The maximum absolute atomic E-state index is 13.0. The second-order valence-electron chi connectivity index (χ2n) is 6.80. The van der Waals surface area contributed by atoms with Gasteiger partial charge in [0.1, 0.15) is 11.7 Å². The molecule has 2 aromatic carbocycles. The van der Waals surface area contributed by atoms with Crippen LogP contribution in [0.4, 0.5) is 5.69 Å². The number of hydrogen-bond donors (Lipinski definition) is 0. The maximum atomic E-state index is 13.0. The highest BCUT2D eigenvalue weighted by Crippen LogP contribution is 2.47. The third-order valence-electron chi connectivity index (χ3n) is 5.33. The molecule has 27 heavy (non-hydrogen) atoms. The lowest BCUT2D eigenvalue weighted by Crippen LogP contribution is -2.37. The minimum Gasteiger partial charge on any atom is -0.497 e. The minimum absolute atomic E-state index is 0.176. The topological polar surface area (TPSA) is 59.1 Å². The Morgan fingerprint density at radius 2 is 1.74 bits per heavy atom. The first kappa shape index (κ1) is 17.5. The number of nitrogens with zero attached hydrogens (tertiary/aromatic N) is 2. The monoisotopic (exact) mass is 366 g/mol. The van der Waals surface area contributed by atoms with Crippen LogP contribution in [0.2, 0.25) is 0 Å². The standard InChI is InChI=1S/C21H22N2O4/c1-4-22-20(24)17-18(14-9-11-15(26-3)12-10-14)23(27-19(17)21(22)25)16-8-6-5-7-13(16)2/h5-12,17-19H,4H2,1-3H3. The Balaban J connectivity index is 1.81. The summed E-state index contributed by atoms with van der Waals surface area (Å²) in [6, 6.07) is 15.0. The van der Waals surface area contributed by atoms with E-state index in [1.807, 2.05) is 55.5 Å². The van der Waals surface area contributed by atoms with E-state index < -0.39 is 12.0 Å². The molecule has 0 radical (unpaired) electrons. The molecular weight excluding hydrogens is 344 g/mol. The number of benzene rings is 2. The largest absolute Gasteiger partial charge is 0.497 e. The van der Waals surface area contributed by atoms with Crippen LogP contribution in [0.3, 0.4) is 0 Å². The van der Waals surface area contributed by atoms with Crippen LogP contribution >= 0.6 is 0 Å². The van der Waals surface area contributed by atoms with Crippen LogP contribution in [0, 0.1) is 12.8 Å². The van der Waals surface area contributed by atoms with Crippen molar-refractivity contribution in [3.05, 3.63) is 59.7 Å². The molecule has 140 valence electrons. The van der Waals surface area contributed by atoms with Gasteiger partial charge in [0.25, 0.3) is 5.91 Å². The van der Waals surface area contributed by atoms with Crippen molar-refractivity contribution in [3.63, 3.8) is 0 Å². The first-order valence-corrected chi connectivity index (χ1v) is 9.07. The van der Waals surface area contributed by atoms with Crippen LogP contribution in [0.15, 0.2) is 48.5 Å². The van der Waals surface area contributed by atoms with E-state index in [2.05, 4.69) is 0 Å². The highest BCUT2D eigenvalue weighted by molar-refractivity contribution is 6.07. The summed E-state index contributed by atoms with van der Waals surface area (Å²) in [5, 5.41) is 1.73. The number of hydrogen-bond acceptors (Lipinski definition) is 5. The summed E-state index contributed by atoms with van der Waals surface area (Å²) in [5.74, 6) is -0.266. The van der Waals surface area contributed by atoms with Gasteiger partial charge in [0, 0.05) is 6.54 Å². The molecule has 0 aromatic heterocycles. The molecule has 2 aliphatic rings. The quantitative estimate of drug-likeness (QED) is 0.779. The van der Waals surface area contributed by atoms with Crippen molar-refractivity contribution in [2.45, 2.75) is 26.0 Å². The number of aryl methyl sites for hydroxylation is 1. The van der Waals surface area contributed by atoms with E-state index in [0.717, 1.165) is 22.6 Å². The summed E-state index contributed by atoms with van der Waals surface area (Å²) in [6.45, 7) is 4.14. The van der Waals surface area contributed by atoms with Crippen molar-refractivity contribution in [2.75, 3.05) is 18.7 Å². The molecule has 0 aliphatic carbocycles. The molecule has 0 saturated carbocycles. The van der Waals surface area contributed by atoms with E-state index >= 15 is 0 Å². The van der Waals surface area contributed by atoms with Crippen molar-refractivity contribution in [2.24, 2.45) is 5.92 Å². The van der Waals surface area contributed by atoms with Gasteiger partial charge in [-0.15, -0.1) is 0 Å². The molecule has 2 aromatic rings. The number of likely N-dealkylation sites (tertiary alicyclic amines) is 1. The van der Waals surface area contributed by atoms with Gasteiger partial charge in [0.15, 0.2) is 6.10 Å². The van der Waals surface area contributed by atoms with Crippen molar-refractivity contribution < 1.29 is 19.2 Å². The van der Waals surface area contributed by atoms with Gasteiger partial charge in [-0.1, -0.05) is 30.3 Å². The number of imide groups is 1. The Morgan fingerprint density at radius 1 is 1.04 bits per heavy atom. The third kappa shape index (κ3) is 2.68. The fourth-order valence-electron chi connectivity index (χ4n) is 3.94. The van der Waals surface area contributed by atoms with Gasteiger partial charge in [0.2, 0.25) is 5.91 Å². The zero-order chi connectivity index (χ0) is 19.1. The first-order valence-electron chi connectivity index (χ1n) is 9.07. The lowest BCUT2D eigenvalue weighted by molar-refractivity contribution is -0.142. The van der Waals surface area contributed by atoms with Crippen LogP contribution in [0.5, 0.6) is 5.75 Å². The van der Waals surface area contributed by atoms with Crippen LogP contribution < -0.4 is 9.80 Å². The zero-order valence-corrected chi connectivity index (χ0v) is 15.6. The molecule has 3 unspecified atom stereocenters. The Labute approximate surface area is 158 Å². The number of carbonyl (C=O) groups is 2. The predicted molar refractivity (Wildman–Crippen MR) is 100 cm³/mol. The average Bonchev–Trinajstić information content (AvgIpc) is 3.18. The second kappa shape index (κ2) is 6.70. The number of anilines is 1. The summed E-state index contributed by atoms with van der Waals surface area (Å²) in [5.41, 5.74) is 2.78. The van der Waals surface area contributed by atoms with Gasteiger partial charge in [-0.3, -0.25) is 19.3 Å². The van der Waals surface area contributed by atoms with Crippen LogP contribution in [0.1, 0.15) is 24.1 Å². The number of para-hydroxylation sites is 1. The Bertz CT molecular complexity index is 880. The molecule has 2 fully saturated rings. The highest BCUT2D eigenvalue weighted by Gasteiger charge is 2.59. The van der Waals surface area contributed by atoms with Gasteiger partial charge in [0.05, 0.1) is 18.8 Å². The number of rotatable bonds is 4. The molecule has 2 heterocycles. The van der Waals surface area contributed by atoms with Gasteiger partial charge >= 0.3 is 0 Å². The summed E-state index contributed by atoms with van der Waals surface area (Å²) in [4.78, 5) is 33.0. The zero-order valence-electron chi connectivity index (χ0n) is 15.6. The van der Waals surface area contributed by atoms with E-state index in [-0.39, 0.29) is 17.9 Å².